The molecule has 1 aliphatic heterocycles. The summed E-state index contributed by atoms with van der Waals surface area (Å²) >= 11 is 0. The Hall–Kier alpha value is -4.82. The molecule has 0 N–H and O–H groups in total. The molecular weight excluding hydrogens is 701 g/mol. The van der Waals surface area contributed by atoms with Gasteiger partial charge in [0.1, 0.15) is 0 Å². The molecule has 0 saturated heterocycles. The Balaban J connectivity index is 0.957. The molecule has 2 nitrogen and oxygen atoms in total. The number of para-hydroxylation sites is 1. The minimum absolute atomic E-state index is 0.101. The number of benzene rings is 3. The number of allylic oxidation sites excluding steroid dienone is 10. The van der Waals surface area contributed by atoms with E-state index in [1.807, 2.05) is 0 Å². The van der Waals surface area contributed by atoms with Crippen LogP contribution in [-0.2, 0) is 5.41 Å². The van der Waals surface area contributed by atoms with Gasteiger partial charge in [-0.1, -0.05) is 140 Å². The van der Waals surface area contributed by atoms with E-state index >= 15 is 0 Å². The van der Waals surface area contributed by atoms with Crippen molar-refractivity contribution in [2.45, 2.75) is 113 Å². The number of fused-ring (bicyclic) bond motifs is 5. The molecule has 3 aromatic rings. The first-order chi connectivity index (χ1) is 28.7. The second-order valence-corrected chi connectivity index (χ2v) is 18.7. The molecule has 2 heteroatoms. The third-order valence-electron chi connectivity index (χ3n) is 15.8. The van der Waals surface area contributed by atoms with Gasteiger partial charge in [-0.25, -0.2) is 0 Å². The summed E-state index contributed by atoms with van der Waals surface area (Å²) in [6.07, 6.45) is 42.2. The molecule has 1 saturated carbocycles. The summed E-state index contributed by atoms with van der Waals surface area (Å²) in [6, 6.07) is 34.2. The fourth-order valence-electron chi connectivity index (χ4n) is 13.3. The van der Waals surface area contributed by atoms with E-state index in [1.165, 1.54) is 93.1 Å². The van der Waals surface area contributed by atoms with Gasteiger partial charge in [0.25, 0.3) is 0 Å². The molecule has 7 aliphatic carbocycles. The van der Waals surface area contributed by atoms with Gasteiger partial charge in [-0.3, -0.25) is 0 Å². The third kappa shape index (κ3) is 5.87. The molecule has 1 heterocycles. The first kappa shape index (κ1) is 36.3. The second-order valence-electron chi connectivity index (χ2n) is 18.7. The number of nitrogens with zero attached hydrogens (tertiary/aromatic N) is 2. The van der Waals surface area contributed by atoms with Crippen LogP contribution in [0.5, 0.6) is 0 Å². The van der Waals surface area contributed by atoms with Gasteiger partial charge in [0.2, 0.25) is 0 Å². The summed E-state index contributed by atoms with van der Waals surface area (Å²) in [6.45, 7) is 2.53. The molecule has 0 radical (unpaired) electrons. The van der Waals surface area contributed by atoms with E-state index in [0.29, 0.717) is 41.7 Å². The summed E-state index contributed by atoms with van der Waals surface area (Å²) in [7, 11) is 0. The minimum Gasteiger partial charge on any atom is -0.364 e. The van der Waals surface area contributed by atoms with Crippen molar-refractivity contribution in [3.05, 3.63) is 191 Å². The van der Waals surface area contributed by atoms with Gasteiger partial charge in [0, 0.05) is 40.4 Å². The third-order valence-corrected chi connectivity index (χ3v) is 15.8. The van der Waals surface area contributed by atoms with Crippen LogP contribution in [-0.4, -0.2) is 23.0 Å². The molecular formula is C56H60N2. The van der Waals surface area contributed by atoms with E-state index in [-0.39, 0.29) is 11.5 Å². The van der Waals surface area contributed by atoms with Gasteiger partial charge in [-0.15, -0.1) is 0 Å². The van der Waals surface area contributed by atoms with Gasteiger partial charge in [-0.2, -0.15) is 0 Å². The predicted molar refractivity (Wildman–Crippen MR) is 242 cm³/mol. The van der Waals surface area contributed by atoms with Crippen LogP contribution in [0.15, 0.2) is 180 Å². The zero-order valence-corrected chi connectivity index (χ0v) is 34.4. The smallest absolute Gasteiger partial charge is 0.0577 e. The van der Waals surface area contributed by atoms with E-state index in [2.05, 4.69) is 168 Å². The molecule has 0 aromatic heterocycles. The van der Waals surface area contributed by atoms with Crippen LogP contribution < -0.4 is 4.90 Å². The van der Waals surface area contributed by atoms with Crippen LogP contribution in [0.2, 0.25) is 0 Å². The van der Waals surface area contributed by atoms with Crippen molar-refractivity contribution < 1.29 is 0 Å². The number of rotatable bonds is 7. The maximum Gasteiger partial charge on any atom is 0.0577 e. The molecule has 294 valence electrons. The van der Waals surface area contributed by atoms with Gasteiger partial charge >= 0.3 is 0 Å². The SMILES string of the molecule is CC1CC2=C(CC1c1ccc(N(c3ccccc3)C3C=C4C(=CC3)C3CCC=CC3C4(C3=CCCCC3)c3ccccc3)cc1)C1C=CC=CC1N2C1CC=CCC1. The second kappa shape index (κ2) is 15.1. The van der Waals surface area contributed by atoms with Crippen LogP contribution in [0, 0.1) is 23.7 Å². The molecule has 58 heavy (non-hydrogen) atoms. The minimum atomic E-state index is -0.101. The Kier molecular flexibility index (Phi) is 9.44. The fourth-order valence-corrected chi connectivity index (χ4v) is 13.3. The number of anilines is 2. The van der Waals surface area contributed by atoms with Crippen LogP contribution in [0.3, 0.4) is 0 Å². The van der Waals surface area contributed by atoms with Crippen molar-refractivity contribution in [2.75, 3.05) is 4.90 Å². The lowest BCUT2D eigenvalue weighted by Crippen LogP contribution is -2.41. The zero-order valence-electron chi connectivity index (χ0n) is 34.4. The maximum atomic E-state index is 2.88. The lowest BCUT2D eigenvalue weighted by molar-refractivity contribution is 0.192. The highest BCUT2D eigenvalue weighted by Crippen LogP contribution is 2.64. The summed E-state index contributed by atoms with van der Waals surface area (Å²) in [5.41, 5.74) is 13.8. The first-order valence-corrected chi connectivity index (χ1v) is 23.0. The van der Waals surface area contributed by atoms with Gasteiger partial charge in [0.15, 0.2) is 0 Å². The largest absolute Gasteiger partial charge is 0.364 e. The molecule has 3 aromatic carbocycles. The van der Waals surface area contributed by atoms with Gasteiger partial charge in [0.05, 0.1) is 12.1 Å². The van der Waals surface area contributed by atoms with Crippen LogP contribution in [0.4, 0.5) is 11.4 Å². The molecule has 11 rings (SSSR count). The Morgan fingerprint density at radius 3 is 2.28 bits per heavy atom. The Labute approximate surface area is 347 Å². The molecule has 1 fully saturated rings. The average molecular weight is 761 g/mol. The quantitative estimate of drug-likeness (QED) is 0.221. The Morgan fingerprint density at radius 2 is 1.48 bits per heavy atom. The lowest BCUT2D eigenvalue weighted by atomic mass is 9.60. The number of hydrogen-bond donors (Lipinski definition) is 0. The summed E-state index contributed by atoms with van der Waals surface area (Å²) in [4.78, 5) is 5.54. The normalized spacial score (nSPS) is 33.5. The first-order valence-electron chi connectivity index (χ1n) is 23.0. The van der Waals surface area contributed by atoms with Crippen molar-refractivity contribution in [3.8, 4) is 0 Å². The molecule has 8 aliphatic rings. The van der Waals surface area contributed by atoms with E-state index in [4.69, 9.17) is 0 Å². The van der Waals surface area contributed by atoms with Crippen LogP contribution >= 0.6 is 0 Å². The number of hydrogen-bond acceptors (Lipinski definition) is 2. The summed E-state index contributed by atoms with van der Waals surface area (Å²) in [5.74, 6) is 2.73. The van der Waals surface area contributed by atoms with Crippen LogP contribution in [0.1, 0.15) is 101 Å². The van der Waals surface area contributed by atoms with Gasteiger partial charge < -0.3 is 9.80 Å². The molecule has 0 bridgehead atoms. The summed E-state index contributed by atoms with van der Waals surface area (Å²) < 4.78 is 0. The van der Waals surface area contributed by atoms with Gasteiger partial charge in [-0.05, 0) is 147 Å². The average Bonchev–Trinajstić information content (AvgIpc) is 3.77. The summed E-state index contributed by atoms with van der Waals surface area (Å²) in [5, 5.41) is 0. The molecule has 9 atom stereocenters. The highest BCUT2D eigenvalue weighted by atomic mass is 15.2. The predicted octanol–water partition coefficient (Wildman–Crippen LogP) is 13.8. The lowest BCUT2D eigenvalue weighted by Gasteiger charge is -2.43. The molecule has 0 amide bonds. The van der Waals surface area contributed by atoms with Crippen molar-refractivity contribution in [1.82, 2.24) is 4.90 Å². The Bertz CT molecular complexity index is 2260. The standard InChI is InChI=1S/C56H60N2/c1-39-36-55-51(49-27-15-17-29-54(49)58(55)44-24-12-5-13-25-44)38-50(39)40-30-32-45(33-31-40)57(43-22-10-4-11-23-43)46-34-35-48-47-26-14-16-28-52(47)56(53(48)37-46,41-18-6-2-7-19-41)42-20-8-3-9-21-42/h2,4-7,10-12,15-20,22-23,27-33,35,37,39,44,46-47,49-50,52,54H,3,8-9,13-14,21,24-26,34,36,38H2,1H3. The topological polar surface area (TPSA) is 6.48 Å². The highest BCUT2D eigenvalue weighted by Gasteiger charge is 2.57. The van der Waals surface area contributed by atoms with E-state index in [1.54, 1.807) is 28.0 Å². The monoisotopic (exact) mass is 760 g/mol. The van der Waals surface area contributed by atoms with E-state index < -0.39 is 0 Å². The maximum absolute atomic E-state index is 2.88. The highest BCUT2D eigenvalue weighted by molar-refractivity contribution is 5.69. The fraction of sp³-hybridized carbons (Fsp3) is 0.393. The van der Waals surface area contributed by atoms with Crippen molar-refractivity contribution in [1.29, 1.82) is 0 Å². The zero-order chi connectivity index (χ0) is 38.6. The molecule has 0 spiro atoms. The van der Waals surface area contributed by atoms with E-state index in [9.17, 15) is 0 Å². The van der Waals surface area contributed by atoms with Crippen LogP contribution in [0.25, 0.3) is 0 Å². The van der Waals surface area contributed by atoms with E-state index in [0.717, 1.165) is 6.42 Å². The van der Waals surface area contributed by atoms with Crippen molar-refractivity contribution >= 4 is 11.4 Å². The van der Waals surface area contributed by atoms with Crippen molar-refractivity contribution in [3.63, 3.8) is 0 Å². The molecule has 9 unspecified atom stereocenters. The Morgan fingerprint density at radius 1 is 0.690 bits per heavy atom. The van der Waals surface area contributed by atoms with Crippen molar-refractivity contribution in [2.24, 2.45) is 23.7 Å².